The van der Waals surface area contributed by atoms with Crippen molar-refractivity contribution in [1.29, 1.82) is 0 Å². The Balaban J connectivity index is 3.30. The highest BCUT2D eigenvalue weighted by atomic mass is 15.1. The van der Waals surface area contributed by atoms with Crippen LogP contribution in [0.5, 0.6) is 0 Å². The molecule has 0 radical (unpaired) electrons. The third kappa shape index (κ3) is 9.95. The van der Waals surface area contributed by atoms with E-state index in [4.69, 9.17) is 0 Å². The number of hydrogen-bond donors (Lipinski definition) is 1. The van der Waals surface area contributed by atoms with E-state index in [0.717, 1.165) is 26.2 Å². The molecule has 15 heavy (non-hydrogen) atoms. The fraction of sp³-hybridized carbons (Fsp3) is 0.846. The molecule has 0 spiro atoms. The van der Waals surface area contributed by atoms with Gasteiger partial charge >= 0.3 is 0 Å². The van der Waals surface area contributed by atoms with E-state index in [1.165, 1.54) is 25.8 Å². The van der Waals surface area contributed by atoms with Crippen LogP contribution in [-0.4, -0.2) is 37.6 Å². The summed E-state index contributed by atoms with van der Waals surface area (Å²) in [5.41, 5.74) is 0. The van der Waals surface area contributed by atoms with Crippen LogP contribution in [0.25, 0.3) is 0 Å². The number of rotatable bonds is 10. The lowest BCUT2D eigenvalue weighted by atomic mass is 10.2. The monoisotopic (exact) mass is 212 g/mol. The molecule has 0 aliphatic rings. The van der Waals surface area contributed by atoms with Crippen molar-refractivity contribution in [1.82, 2.24) is 10.2 Å². The van der Waals surface area contributed by atoms with E-state index in [0.29, 0.717) is 0 Å². The molecule has 90 valence electrons. The normalized spacial score (nSPS) is 11.7. The first-order chi connectivity index (χ1) is 7.35. The number of nitrogens with one attached hydrogen (secondary N) is 1. The molecule has 0 aliphatic carbocycles. The lowest BCUT2D eigenvalue weighted by Crippen LogP contribution is -2.32. The standard InChI is InChI=1S/C13H28N2/c1-4-7-9-10-14-11-13-15(6-3)12-8-5-2/h5,8,14H,4,6-7,9-13H2,1-3H3/b8-5-. The number of allylic oxidation sites excluding steroid dienone is 1. The van der Waals surface area contributed by atoms with Crippen LogP contribution in [-0.2, 0) is 0 Å². The third-order valence-electron chi connectivity index (χ3n) is 2.61. The molecule has 2 heteroatoms. The van der Waals surface area contributed by atoms with Crippen molar-refractivity contribution < 1.29 is 0 Å². The number of unbranched alkanes of at least 4 members (excludes halogenated alkanes) is 2. The second-order valence-corrected chi connectivity index (χ2v) is 3.92. The number of hydrogen-bond acceptors (Lipinski definition) is 2. The van der Waals surface area contributed by atoms with Crippen LogP contribution >= 0.6 is 0 Å². The van der Waals surface area contributed by atoms with Gasteiger partial charge < -0.3 is 5.32 Å². The van der Waals surface area contributed by atoms with E-state index in [2.05, 4.69) is 43.1 Å². The van der Waals surface area contributed by atoms with Crippen LogP contribution in [0.15, 0.2) is 12.2 Å². The zero-order valence-electron chi connectivity index (χ0n) is 10.8. The Bertz CT molecular complexity index is 143. The van der Waals surface area contributed by atoms with Gasteiger partial charge in [-0.25, -0.2) is 0 Å². The van der Waals surface area contributed by atoms with Gasteiger partial charge in [-0.3, -0.25) is 4.90 Å². The van der Waals surface area contributed by atoms with Gasteiger partial charge in [-0.15, -0.1) is 0 Å². The van der Waals surface area contributed by atoms with E-state index in [1.54, 1.807) is 0 Å². The summed E-state index contributed by atoms with van der Waals surface area (Å²) in [6.07, 6.45) is 8.32. The van der Waals surface area contributed by atoms with Gasteiger partial charge in [-0.05, 0) is 26.4 Å². The van der Waals surface area contributed by atoms with E-state index < -0.39 is 0 Å². The fourth-order valence-corrected chi connectivity index (χ4v) is 1.50. The first-order valence-electron chi connectivity index (χ1n) is 6.39. The van der Waals surface area contributed by atoms with Crippen LogP contribution in [0.2, 0.25) is 0 Å². The highest BCUT2D eigenvalue weighted by Gasteiger charge is 1.97. The van der Waals surface area contributed by atoms with Crippen molar-refractivity contribution >= 4 is 0 Å². The molecule has 0 heterocycles. The van der Waals surface area contributed by atoms with Gasteiger partial charge in [-0.1, -0.05) is 38.8 Å². The van der Waals surface area contributed by atoms with Gasteiger partial charge in [0.25, 0.3) is 0 Å². The molecule has 0 fully saturated rings. The lowest BCUT2D eigenvalue weighted by molar-refractivity contribution is 0.316. The Morgan fingerprint density at radius 1 is 1.13 bits per heavy atom. The van der Waals surface area contributed by atoms with Crippen LogP contribution in [0.3, 0.4) is 0 Å². The molecule has 0 bridgehead atoms. The summed E-state index contributed by atoms with van der Waals surface area (Å²) >= 11 is 0. The van der Waals surface area contributed by atoms with Crippen LogP contribution in [0, 0.1) is 0 Å². The molecule has 0 atom stereocenters. The van der Waals surface area contributed by atoms with E-state index >= 15 is 0 Å². The van der Waals surface area contributed by atoms with E-state index in [9.17, 15) is 0 Å². The van der Waals surface area contributed by atoms with Gasteiger partial charge in [0.2, 0.25) is 0 Å². The Morgan fingerprint density at radius 2 is 1.93 bits per heavy atom. The quantitative estimate of drug-likeness (QED) is 0.442. The molecule has 0 aliphatic heterocycles. The first kappa shape index (κ1) is 14.7. The highest BCUT2D eigenvalue weighted by Crippen LogP contribution is 1.91. The molecular weight excluding hydrogens is 184 g/mol. The van der Waals surface area contributed by atoms with Crippen molar-refractivity contribution in [3.05, 3.63) is 12.2 Å². The minimum Gasteiger partial charge on any atom is -0.315 e. The van der Waals surface area contributed by atoms with Crippen molar-refractivity contribution in [2.45, 2.75) is 40.0 Å². The van der Waals surface area contributed by atoms with Gasteiger partial charge in [0.05, 0.1) is 0 Å². The maximum absolute atomic E-state index is 3.50. The molecule has 0 aromatic heterocycles. The second-order valence-electron chi connectivity index (χ2n) is 3.92. The van der Waals surface area contributed by atoms with Crippen LogP contribution in [0.1, 0.15) is 40.0 Å². The molecule has 2 nitrogen and oxygen atoms in total. The Hall–Kier alpha value is -0.340. The molecule has 0 aromatic rings. The van der Waals surface area contributed by atoms with Gasteiger partial charge in [-0.2, -0.15) is 0 Å². The summed E-state index contributed by atoms with van der Waals surface area (Å²) in [4.78, 5) is 2.45. The molecule has 0 rings (SSSR count). The summed E-state index contributed by atoms with van der Waals surface area (Å²) in [5.74, 6) is 0. The van der Waals surface area contributed by atoms with Crippen molar-refractivity contribution in [2.24, 2.45) is 0 Å². The van der Waals surface area contributed by atoms with Gasteiger partial charge in [0, 0.05) is 19.6 Å². The number of likely N-dealkylation sites (N-methyl/N-ethyl adjacent to an activating group) is 1. The van der Waals surface area contributed by atoms with E-state index in [1.807, 2.05) is 0 Å². The highest BCUT2D eigenvalue weighted by molar-refractivity contribution is 4.80. The molecule has 0 saturated heterocycles. The summed E-state index contributed by atoms with van der Waals surface area (Å²) in [6, 6.07) is 0. The van der Waals surface area contributed by atoms with Crippen molar-refractivity contribution in [3.8, 4) is 0 Å². The zero-order chi connectivity index (χ0) is 11.4. The Labute approximate surface area is 95.7 Å². The van der Waals surface area contributed by atoms with Crippen molar-refractivity contribution in [3.63, 3.8) is 0 Å². The first-order valence-corrected chi connectivity index (χ1v) is 6.39. The second kappa shape index (κ2) is 11.7. The number of nitrogens with zero attached hydrogens (tertiary/aromatic N) is 1. The summed E-state index contributed by atoms with van der Waals surface area (Å²) in [5, 5.41) is 3.50. The minimum atomic E-state index is 1.09. The topological polar surface area (TPSA) is 15.3 Å². The largest absolute Gasteiger partial charge is 0.315 e. The molecule has 0 unspecified atom stereocenters. The third-order valence-corrected chi connectivity index (χ3v) is 2.61. The predicted molar refractivity (Wildman–Crippen MR) is 69.3 cm³/mol. The fourth-order valence-electron chi connectivity index (χ4n) is 1.50. The minimum absolute atomic E-state index is 1.09. The van der Waals surface area contributed by atoms with E-state index in [-0.39, 0.29) is 0 Å². The van der Waals surface area contributed by atoms with Crippen LogP contribution in [0.4, 0.5) is 0 Å². The molecular formula is C13H28N2. The Morgan fingerprint density at radius 3 is 2.53 bits per heavy atom. The maximum Gasteiger partial charge on any atom is 0.0163 e. The molecule has 1 N–H and O–H groups in total. The van der Waals surface area contributed by atoms with Crippen LogP contribution < -0.4 is 5.32 Å². The van der Waals surface area contributed by atoms with Gasteiger partial charge in [0.1, 0.15) is 0 Å². The average Bonchev–Trinajstić information content (AvgIpc) is 2.27. The molecule has 0 aromatic carbocycles. The summed E-state index contributed by atoms with van der Waals surface area (Å²) < 4.78 is 0. The molecule has 0 amide bonds. The Kier molecular flexibility index (Phi) is 11.5. The molecule has 0 saturated carbocycles. The van der Waals surface area contributed by atoms with Gasteiger partial charge in [0.15, 0.2) is 0 Å². The smallest absolute Gasteiger partial charge is 0.0163 e. The average molecular weight is 212 g/mol. The van der Waals surface area contributed by atoms with Crippen molar-refractivity contribution in [2.75, 3.05) is 32.7 Å². The maximum atomic E-state index is 3.50. The summed E-state index contributed by atoms with van der Waals surface area (Å²) in [7, 11) is 0. The predicted octanol–water partition coefficient (Wildman–Crippen LogP) is 2.66. The lowest BCUT2D eigenvalue weighted by Gasteiger charge is -2.18. The SMILES string of the molecule is C/C=C\CN(CC)CCNCCCCC. The zero-order valence-corrected chi connectivity index (χ0v) is 10.8. The summed E-state index contributed by atoms with van der Waals surface area (Å²) in [6.45, 7) is 12.2.